The Morgan fingerprint density at radius 2 is 1.75 bits per heavy atom. The Kier molecular flexibility index (Phi) is 8.21. The number of nitrogens with zero attached hydrogens (tertiary/aromatic N) is 1. The van der Waals surface area contributed by atoms with E-state index in [0.717, 1.165) is 0 Å². The first-order valence-electron chi connectivity index (χ1n) is 7.58. The predicted molar refractivity (Wildman–Crippen MR) is 94.0 cm³/mol. The number of imide groups is 1. The molecule has 0 bridgehead atoms. The van der Waals surface area contributed by atoms with E-state index < -0.39 is 11.9 Å². The van der Waals surface area contributed by atoms with Crippen molar-refractivity contribution >= 4 is 35.1 Å². The van der Waals surface area contributed by atoms with Gasteiger partial charge in [-0.2, -0.15) is 0 Å². The monoisotopic (exact) mass is 354 g/mol. The van der Waals surface area contributed by atoms with Crippen LogP contribution in [0.3, 0.4) is 0 Å². The molecule has 132 valence electrons. The van der Waals surface area contributed by atoms with Crippen LogP contribution >= 0.6 is 11.6 Å². The summed E-state index contributed by atoms with van der Waals surface area (Å²) in [6.07, 6.45) is 0. The molecule has 8 heteroatoms. The van der Waals surface area contributed by atoms with Crippen molar-refractivity contribution in [2.75, 3.05) is 32.0 Å². The quantitative estimate of drug-likeness (QED) is 0.695. The normalized spacial score (nSPS) is 10.6. The van der Waals surface area contributed by atoms with Crippen LogP contribution in [-0.4, -0.2) is 49.4 Å². The molecule has 0 saturated carbocycles. The van der Waals surface area contributed by atoms with Gasteiger partial charge in [0.25, 0.3) is 0 Å². The molecule has 0 aromatic heterocycles. The molecule has 0 aliphatic heterocycles. The number of rotatable bonds is 7. The van der Waals surface area contributed by atoms with E-state index >= 15 is 0 Å². The van der Waals surface area contributed by atoms with E-state index in [-0.39, 0.29) is 19.0 Å². The van der Waals surface area contributed by atoms with E-state index in [1.54, 1.807) is 31.3 Å². The van der Waals surface area contributed by atoms with Crippen LogP contribution in [0.2, 0.25) is 5.02 Å². The van der Waals surface area contributed by atoms with Crippen molar-refractivity contribution in [3.63, 3.8) is 0 Å². The fourth-order valence-electron chi connectivity index (χ4n) is 1.81. The third-order valence-corrected chi connectivity index (χ3v) is 3.23. The first-order valence-corrected chi connectivity index (χ1v) is 7.96. The summed E-state index contributed by atoms with van der Waals surface area (Å²) in [6, 6.07) is 6.34. The van der Waals surface area contributed by atoms with Gasteiger partial charge in [-0.15, -0.1) is 0 Å². The Balaban J connectivity index is 2.35. The van der Waals surface area contributed by atoms with Gasteiger partial charge in [0.05, 0.1) is 23.8 Å². The number of amides is 4. The lowest BCUT2D eigenvalue weighted by atomic mass is 10.2. The Morgan fingerprint density at radius 1 is 1.12 bits per heavy atom. The number of likely N-dealkylation sites (N-methyl/N-ethyl adjacent to an activating group) is 1. The molecular weight excluding hydrogens is 332 g/mol. The summed E-state index contributed by atoms with van der Waals surface area (Å²) in [4.78, 5) is 36.7. The zero-order chi connectivity index (χ0) is 18.1. The Bertz CT molecular complexity index is 592. The van der Waals surface area contributed by atoms with Crippen LogP contribution in [0.1, 0.15) is 13.8 Å². The third kappa shape index (κ3) is 7.94. The predicted octanol–water partition coefficient (Wildman–Crippen LogP) is 1.69. The van der Waals surface area contributed by atoms with Gasteiger partial charge in [0.2, 0.25) is 11.8 Å². The van der Waals surface area contributed by atoms with Gasteiger partial charge in [0, 0.05) is 6.54 Å². The van der Waals surface area contributed by atoms with Crippen molar-refractivity contribution < 1.29 is 14.4 Å². The lowest BCUT2D eigenvalue weighted by Gasteiger charge is -2.16. The average molecular weight is 355 g/mol. The molecule has 3 N–H and O–H groups in total. The summed E-state index contributed by atoms with van der Waals surface area (Å²) in [5.41, 5.74) is 0.509. The zero-order valence-corrected chi connectivity index (χ0v) is 14.8. The second-order valence-corrected chi connectivity index (χ2v) is 6.26. The number of para-hydroxylation sites is 1. The van der Waals surface area contributed by atoms with Gasteiger partial charge in [-0.3, -0.25) is 19.8 Å². The smallest absolute Gasteiger partial charge is 0.321 e. The number of urea groups is 1. The first-order chi connectivity index (χ1) is 11.3. The van der Waals surface area contributed by atoms with Crippen molar-refractivity contribution in [3.05, 3.63) is 29.3 Å². The van der Waals surface area contributed by atoms with Crippen LogP contribution in [-0.2, 0) is 9.59 Å². The van der Waals surface area contributed by atoms with Gasteiger partial charge in [-0.05, 0) is 25.1 Å². The zero-order valence-electron chi connectivity index (χ0n) is 14.1. The highest BCUT2D eigenvalue weighted by atomic mass is 35.5. The van der Waals surface area contributed by atoms with Crippen molar-refractivity contribution in [2.24, 2.45) is 5.92 Å². The molecular formula is C16H23ClN4O3. The van der Waals surface area contributed by atoms with Gasteiger partial charge >= 0.3 is 6.03 Å². The molecule has 24 heavy (non-hydrogen) atoms. The fourth-order valence-corrected chi connectivity index (χ4v) is 1.99. The average Bonchev–Trinajstić information content (AvgIpc) is 2.47. The standard InChI is InChI=1S/C16H23ClN4O3/c1-11(2)8-18-16(24)20-15(23)10-21(3)9-14(22)19-13-7-5-4-6-12(13)17/h4-7,11H,8-10H2,1-3H3,(H,19,22)(H2,18,20,23,24). The van der Waals surface area contributed by atoms with Crippen LogP contribution in [0, 0.1) is 5.92 Å². The number of hydrogen-bond donors (Lipinski definition) is 3. The third-order valence-electron chi connectivity index (χ3n) is 2.90. The highest BCUT2D eigenvalue weighted by molar-refractivity contribution is 6.33. The van der Waals surface area contributed by atoms with Gasteiger partial charge < -0.3 is 10.6 Å². The molecule has 0 fully saturated rings. The van der Waals surface area contributed by atoms with E-state index in [1.165, 1.54) is 4.90 Å². The summed E-state index contributed by atoms with van der Waals surface area (Å²) in [7, 11) is 1.61. The number of halogens is 1. The maximum absolute atomic E-state index is 11.9. The number of hydrogen-bond acceptors (Lipinski definition) is 4. The van der Waals surface area contributed by atoms with Gasteiger partial charge in [0.1, 0.15) is 0 Å². The lowest BCUT2D eigenvalue weighted by molar-refractivity contribution is -0.122. The summed E-state index contributed by atoms with van der Waals surface area (Å²) in [5, 5.41) is 7.90. The topological polar surface area (TPSA) is 90.5 Å². The molecule has 0 saturated heterocycles. The second kappa shape index (κ2) is 9.89. The maximum Gasteiger partial charge on any atom is 0.321 e. The Morgan fingerprint density at radius 3 is 2.38 bits per heavy atom. The summed E-state index contributed by atoms with van der Waals surface area (Å²) >= 11 is 5.96. The molecule has 1 rings (SSSR count). The highest BCUT2D eigenvalue weighted by Gasteiger charge is 2.14. The SMILES string of the molecule is CC(C)CNC(=O)NC(=O)CN(C)CC(=O)Nc1ccccc1Cl. The first kappa shape index (κ1) is 19.9. The number of carbonyl (C=O) groups is 3. The van der Waals surface area contributed by atoms with Crippen molar-refractivity contribution in [3.8, 4) is 0 Å². The molecule has 1 aromatic rings. The molecule has 0 aliphatic rings. The van der Waals surface area contributed by atoms with E-state index in [4.69, 9.17) is 11.6 Å². The van der Waals surface area contributed by atoms with Crippen LogP contribution in [0.15, 0.2) is 24.3 Å². The number of carbonyl (C=O) groups excluding carboxylic acids is 3. The van der Waals surface area contributed by atoms with E-state index in [1.807, 2.05) is 13.8 Å². The van der Waals surface area contributed by atoms with Crippen LogP contribution < -0.4 is 16.0 Å². The van der Waals surface area contributed by atoms with Crippen LogP contribution in [0.4, 0.5) is 10.5 Å². The number of anilines is 1. The molecule has 4 amide bonds. The molecule has 0 heterocycles. The maximum atomic E-state index is 11.9. The van der Waals surface area contributed by atoms with Gasteiger partial charge in [-0.1, -0.05) is 37.6 Å². The lowest BCUT2D eigenvalue weighted by Crippen LogP contribution is -2.45. The molecule has 0 atom stereocenters. The van der Waals surface area contributed by atoms with Crippen molar-refractivity contribution in [1.29, 1.82) is 0 Å². The highest BCUT2D eigenvalue weighted by Crippen LogP contribution is 2.20. The Labute approximate surface area is 146 Å². The van der Waals surface area contributed by atoms with E-state index in [9.17, 15) is 14.4 Å². The Hall–Kier alpha value is -2.12. The van der Waals surface area contributed by atoms with Crippen molar-refractivity contribution in [1.82, 2.24) is 15.5 Å². The minimum Gasteiger partial charge on any atom is -0.338 e. The van der Waals surface area contributed by atoms with E-state index in [0.29, 0.717) is 23.2 Å². The summed E-state index contributed by atoms with van der Waals surface area (Å²) in [5.74, 6) is -0.492. The molecule has 0 unspecified atom stereocenters. The minimum absolute atomic E-state index is 0.00768. The largest absolute Gasteiger partial charge is 0.338 e. The molecule has 1 aromatic carbocycles. The van der Waals surface area contributed by atoms with Gasteiger partial charge in [0.15, 0.2) is 0 Å². The molecule has 0 spiro atoms. The van der Waals surface area contributed by atoms with E-state index in [2.05, 4.69) is 16.0 Å². The minimum atomic E-state index is -0.539. The summed E-state index contributed by atoms with van der Waals surface area (Å²) in [6.45, 7) is 4.30. The molecule has 0 aliphatic carbocycles. The molecule has 0 radical (unpaired) electrons. The molecule has 7 nitrogen and oxygen atoms in total. The van der Waals surface area contributed by atoms with Crippen molar-refractivity contribution in [2.45, 2.75) is 13.8 Å². The summed E-state index contributed by atoms with van der Waals surface area (Å²) < 4.78 is 0. The van der Waals surface area contributed by atoms with Crippen LogP contribution in [0.5, 0.6) is 0 Å². The fraction of sp³-hybridized carbons (Fsp3) is 0.438. The van der Waals surface area contributed by atoms with Gasteiger partial charge in [-0.25, -0.2) is 4.79 Å². The second-order valence-electron chi connectivity index (χ2n) is 5.85. The number of benzene rings is 1. The van der Waals surface area contributed by atoms with Crippen LogP contribution in [0.25, 0.3) is 0 Å². The number of nitrogens with one attached hydrogen (secondary N) is 3.